The minimum absolute atomic E-state index is 0.0257. The van der Waals surface area contributed by atoms with Gasteiger partial charge in [-0.2, -0.15) is 4.72 Å². The molecule has 2 saturated heterocycles. The molecule has 2 heterocycles. The van der Waals surface area contributed by atoms with Crippen LogP contribution in [0.3, 0.4) is 0 Å². The molecule has 11 nitrogen and oxygen atoms in total. The molecule has 0 aromatic heterocycles. The van der Waals surface area contributed by atoms with Crippen LogP contribution in [0.2, 0.25) is 0 Å². The molecule has 0 radical (unpaired) electrons. The highest BCUT2D eigenvalue weighted by atomic mass is 32.2. The summed E-state index contributed by atoms with van der Waals surface area (Å²) in [4.78, 5) is 24.1. The molecule has 6 atom stereocenters. The van der Waals surface area contributed by atoms with Crippen LogP contribution in [0.25, 0.3) is 0 Å². The van der Waals surface area contributed by atoms with Gasteiger partial charge in [-0.15, -0.1) is 0 Å². The predicted molar refractivity (Wildman–Crippen MR) is 130 cm³/mol. The van der Waals surface area contributed by atoms with E-state index in [1.54, 1.807) is 12.1 Å². The summed E-state index contributed by atoms with van der Waals surface area (Å²) < 4.78 is 57.6. The standard InChI is InChI=1S/C25H30N2O9S/c1-15-9-11-18(12-10-15)37(30,31)27-24-21(26-16(2)28)23(33-14-20(29)32-3)22-19(35-24)13-34-25(36-22)17-7-5-4-6-8-17/h4-12,19,21-25,27H,13-14H2,1-3H3,(H,26,28)/t19-,21-,22-,23-,24+,25?/m1/s1. The number of nitrogens with one attached hydrogen (secondary N) is 2. The summed E-state index contributed by atoms with van der Waals surface area (Å²) in [6.45, 7) is 2.73. The molecule has 2 N–H and O–H groups in total. The first-order chi connectivity index (χ1) is 17.7. The Morgan fingerprint density at radius 1 is 1.05 bits per heavy atom. The van der Waals surface area contributed by atoms with Gasteiger partial charge in [-0.25, -0.2) is 13.2 Å². The number of hydrogen-bond acceptors (Lipinski definition) is 9. The molecule has 4 rings (SSSR count). The molecule has 12 heteroatoms. The maximum Gasteiger partial charge on any atom is 0.331 e. The molecule has 37 heavy (non-hydrogen) atoms. The molecule has 0 aliphatic carbocycles. The summed E-state index contributed by atoms with van der Waals surface area (Å²) in [5.41, 5.74) is 1.65. The van der Waals surface area contributed by atoms with E-state index in [0.717, 1.165) is 11.1 Å². The van der Waals surface area contributed by atoms with Crippen LogP contribution in [0.1, 0.15) is 24.3 Å². The normalized spacial score (nSPS) is 27.6. The average Bonchev–Trinajstić information content (AvgIpc) is 2.88. The van der Waals surface area contributed by atoms with Crippen LogP contribution < -0.4 is 10.0 Å². The number of carbonyl (C=O) groups is 2. The highest BCUT2D eigenvalue weighted by molar-refractivity contribution is 7.89. The fraction of sp³-hybridized carbons (Fsp3) is 0.440. The summed E-state index contributed by atoms with van der Waals surface area (Å²) in [5, 5.41) is 2.71. The number of benzene rings is 2. The average molecular weight is 535 g/mol. The van der Waals surface area contributed by atoms with E-state index in [-0.39, 0.29) is 11.5 Å². The van der Waals surface area contributed by atoms with Crippen molar-refractivity contribution in [2.75, 3.05) is 20.3 Å². The lowest BCUT2D eigenvalue weighted by Crippen LogP contribution is -2.70. The van der Waals surface area contributed by atoms with E-state index in [9.17, 15) is 18.0 Å². The summed E-state index contributed by atoms with van der Waals surface area (Å²) in [5.74, 6) is -1.10. The maximum atomic E-state index is 13.2. The van der Waals surface area contributed by atoms with Gasteiger partial charge in [0.25, 0.3) is 0 Å². The van der Waals surface area contributed by atoms with Crippen molar-refractivity contribution < 1.29 is 41.7 Å². The van der Waals surface area contributed by atoms with Crippen molar-refractivity contribution in [3.05, 3.63) is 65.7 Å². The summed E-state index contributed by atoms with van der Waals surface area (Å²) in [6.07, 6.45) is -4.56. The first kappa shape index (κ1) is 27.2. The van der Waals surface area contributed by atoms with Crippen LogP contribution in [0.4, 0.5) is 0 Å². The lowest BCUT2D eigenvalue weighted by Gasteiger charge is -2.49. The number of hydrogen-bond donors (Lipinski definition) is 2. The van der Waals surface area contributed by atoms with Gasteiger partial charge in [-0.1, -0.05) is 48.0 Å². The predicted octanol–water partition coefficient (Wildman–Crippen LogP) is 1.18. The van der Waals surface area contributed by atoms with E-state index < -0.39 is 65.4 Å². The summed E-state index contributed by atoms with van der Waals surface area (Å²) in [7, 11) is -2.83. The van der Waals surface area contributed by atoms with Crippen molar-refractivity contribution in [1.82, 2.24) is 10.0 Å². The topological polar surface area (TPSA) is 138 Å². The van der Waals surface area contributed by atoms with Crippen molar-refractivity contribution in [2.45, 2.75) is 55.6 Å². The van der Waals surface area contributed by atoms with Crippen LogP contribution in [0, 0.1) is 6.92 Å². The Morgan fingerprint density at radius 3 is 2.41 bits per heavy atom. The van der Waals surface area contributed by atoms with E-state index in [1.807, 2.05) is 37.3 Å². The third-order valence-corrected chi connectivity index (χ3v) is 7.49. The fourth-order valence-electron chi connectivity index (χ4n) is 4.24. The zero-order valence-corrected chi connectivity index (χ0v) is 21.5. The lowest BCUT2D eigenvalue weighted by atomic mass is 9.94. The fourth-order valence-corrected chi connectivity index (χ4v) is 5.38. The Balaban J connectivity index is 1.64. The molecule has 2 aromatic carbocycles. The smallest absolute Gasteiger partial charge is 0.331 e. The Bertz CT molecular complexity index is 1190. The molecular weight excluding hydrogens is 504 g/mol. The van der Waals surface area contributed by atoms with Gasteiger partial charge < -0.3 is 29.0 Å². The second-order valence-electron chi connectivity index (χ2n) is 8.78. The van der Waals surface area contributed by atoms with Crippen LogP contribution in [0.15, 0.2) is 59.5 Å². The van der Waals surface area contributed by atoms with Gasteiger partial charge in [0.15, 0.2) is 6.29 Å². The molecule has 0 spiro atoms. The van der Waals surface area contributed by atoms with E-state index in [1.165, 1.54) is 26.2 Å². The minimum atomic E-state index is -4.05. The van der Waals surface area contributed by atoms with Gasteiger partial charge in [0.05, 0.1) is 24.7 Å². The molecule has 2 aliphatic rings. The van der Waals surface area contributed by atoms with E-state index in [4.69, 9.17) is 23.7 Å². The third kappa shape index (κ3) is 6.53. The first-order valence-corrected chi connectivity index (χ1v) is 13.2. The second kappa shape index (κ2) is 11.7. The van der Waals surface area contributed by atoms with Gasteiger partial charge in [0, 0.05) is 12.5 Å². The van der Waals surface area contributed by atoms with Gasteiger partial charge in [0.2, 0.25) is 15.9 Å². The maximum absolute atomic E-state index is 13.2. The molecule has 2 aromatic rings. The monoisotopic (exact) mass is 534 g/mol. The number of fused-ring (bicyclic) bond motifs is 1. The molecule has 2 fully saturated rings. The lowest BCUT2D eigenvalue weighted by molar-refractivity contribution is -0.320. The molecule has 1 unspecified atom stereocenters. The largest absolute Gasteiger partial charge is 0.467 e. The zero-order chi connectivity index (χ0) is 26.6. The second-order valence-corrected chi connectivity index (χ2v) is 10.5. The van der Waals surface area contributed by atoms with Gasteiger partial charge in [-0.05, 0) is 19.1 Å². The Hall–Kier alpha value is -2.87. The third-order valence-electron chi connectivity index (χ3n) is 6.05. The number of rotatable bonds is 8. The zero-order valence-electron chi connectivity index (χ0n) is 20.7. The minimum Gasteiger partial charge on any atom is -0.467 e. The van der Waals surface area contributed by atoms with E-state index in [2.05, 4.69) is 10.0 Å². The van der Waals surface area contributed by atoms with Crippen molar-refractivity contribution in [1.29, 1.82) is 0 Å². The van der Waals surface area contributed by atoms with Crippen LogP contribution in [0.5, 0.6) is 0 Å². The van der Waals surface area contributed by atoms with Gasteiger partial charge in [0.1, 0.15) is 31.1 Å². The number of amides is 1. The quantitative estimate of drug-likeness (QED) is 0.478. The van der Waals surface area contributed by atoms with Crippen molar-refractivity contribution >= 4 is 21.9 Å². The van der Waals surface area contributed by atoms with Crippen LogP contribution >= 0.6 is 0 Å². The Morgan fingerprint density at radius 2 is 1.76 bits per heavy atom. The molecular formula is C25H30N2O9S. The highest BCUT2D eigenvalue weighted by Crippen LogP contribution is 2.35. The number of aryl methyl sites for hydroxylation is 1. The molecule has 200 valence electrons. The Labute approximate surface area is 215 Å². The van der Waals surface area contributed by atoms with E-state index >= 15 is 0 Å². The number of ether oxygens (including phenoxy) is 5. The highest BCUT2D eigenvalue weighted by Gasteiger charge is 2.52. The van der Waals surface area contributed by atoms with Crippen LogP contribution in [-0.2, 0) is 43.3 Å². The van der Waals surface area contributed by atoms with Crippen molar-refractivity contribution in [3.8, 4) is 0 Å². The molecule has 2 aliphatic heterocycles. The number of methoxy groups -OCH3 is 1. The Kier molecular flexibility index (Phi) is 8.57. The molecule has 1 amide bonds. The summed E-state index contributed by atoms with van der Waals surface area (Å²) >= 11 is 0. The van der Waals surface area contributed by atoms with Gasteiger partial charge >= 0.3 is 5.97 Å². The van der Waals surface area contributed by atoms with Crippen LogP contribution in [-0.4, -0.2) is 71.2 Å². The number of sulfonamides is 1. The molecule has 0 bridgehead atoms. The summed E-state index contributed by atoms with van der Waals surface area (Å²) in [6, 6.07) is 14.5. The number of esters is 1. The van der Waals surface area contributed by atoms with Crippen molar-refractivity contribution in [2.24, 2.45) is 0 Å². The van der Waals surface area contributed by atoms with Crippen molar-refractivity contribution in [3.63, 3.8) is 0 Å². The number of carbonyl (C=O) groups excluding carboxylic acids is 2. The van der Waals surface area contributed by atoms with Gasteiger partial charge in [-0.3, -0.25) is 4.79 Å². The van der Waals surface area contributed by atoms with E-state index in [0.29, 0.717) is 0 Å². The molecule has 0 saturated carbocycles. The SMILES string of the molecule is COC(=O)CO[C@@H]1[C@@H](NC(C)=O)[C@@H](NS(=O)(=O)c2ccc(C)cc2)O[C@@H]2COC(c3ccccc3)O[C@@H]12. The first-order valence-electron chi connectivity index (χ1n) is 11.7.